The maximum Gasteiger partial charge on any atom is 0.472 e. The van der Waals surface area contributed by atoms with Crippen LogP contribution in [0.5, 0.6) is 0 Å². The molecule has 0 saturated carbocycles. The quantitative estimate of drug-likeness (QED) is 0.0499. The molecule has 0 fully saturated rings. The molecule has 40 heavy (non-hydrogen) atoms. The number of esters is 2. The molecule has 0 aliphatic carbocycles. The standard InChI is InChI=1S/C31H61O8P/c1-4-7-9-11-13-15-17-19-21-23-25-30(32)36-27-29(28-38-40(34,35)37-6-3)39-31(33)26-24-22-20-18-16-14-12-10-8-5-2/h29H,4-28H2,1-3H3,(H,34,35). The van der Waals surface area contributed by atoms with Crippen molar-refractivity contribution < 1.29 is 37.6 Å². The van der Waals surface area contributed by atoms with Crippen LogP contribution in [-0.2, 0) is 32.7 Å². The van der Waals surface area contributed by atoms with Crippen LogP contribution in [0.25, 0.3) is 0 Å². The lowest BCUT2D eigenvalue weighted by Crippen LogP contribution is -2.29. The molecular formula is C31H61O8P. The first-order valence-electron chi connectivity index (χ1n) is 16.3. The van der Waals surface area contributed by atoms with Crippen LogP contribution in [-0.4, -0.2) is 42.8 Å². The summed E-state index contributed by atoms with van der Waals surface area (Å²) in [5.41, 5.74) is 0. The van der Waals surface area contributed by atoms with Crippen molar-refractivity contribution in [2.75, 3.05) is 19.8 Å². The molecular weight excluding hydrogens is 531 g/mol. The molecule has 0 aromatic heterocycles. The van der Waals surface area contributed by atoms with Crippen LogP contribution in [0.1, 0.15) is 162 Å². The Morgan fingerprint density at radius 2 is 0.975 bits per heavy atom. The fourth-order valence-corrected chi connectivity index (χ4v) is 5.27. The molecule has 0 aliphatic rings. The molecule has 9 heteroatoms. The lowest BCUT2D eigenvalue weighted by molar-refractivity contribution is -0.161. The van der Waals surface area contributed by atoms with Gasteiger partial charge in [-0.15, -0.1) is 0 Å². The number of phosphoric acid groups is 1. The van der Waals surface area contributed by atoms with Gasteiger partial charge in [0.15, 0.2) is 6.10 Å². The Morgan fingerprint density at radius 3 is 1.40 bits per heavy atom. The summed E-state index contributed by atoms with van der Waals surface area (Å²) >= 11 is 0. The van der Waals surface area contributed by atoms with E-state index in [2.05, 4.69) is 13.8 Å². The van der Waals surface area contributed by atoms with Crippen LogP contribution >= 0.6 is 7.82 Å². The number of ether oxygens (including phenoxy) is 2. The van der Waals surface area contributed by atoms with E-state index < -0.39 is 19.9 Å². The molecule has 0 amide bonds. The molecule has 0 heterocycles. The molecule has 2 atom stereocenters. The molecule has 2 unspecified atom stereocenters. The summed E-state index contributed by atoms with van der Waals surface area (Å²) in [5.74, 6) is -0.796. The lowest BCUT2D eigenvalue weighted by atomic mass is 10.1. The minimum absolute atomic E-state index is 0.00478. The summed E-state index contributed by atoms with van der Waals surface area (Å²) in [6.45, 7) is 5.42. The Hall–Kier alpha value is -0.950. The van der Waals surface area contributed by atoms with Gasteiger partial charge < -0.3 is 14.4 Å². The first-order valence-corrected chi connectivity index (χ1v) is 17.8. The van der Waals surface area contributed by atoms with Gasteiger partial charge in [-0.1, -0.05) is 129 Å². The van der Waals surface area contributed by atoms with Crippen molar-refractivity contribution in [1.82, 2.24) is 0 Å². The van der Waals surface area contributed by atoms with Crippen molar-refractivity contribution in [3.05, 3.63) is 0 Å². The topological polar surface area (TPSA) is 108 Å². The second-order valence-electron chi connectivity index (χ2n) is 10.8. The average Bonchev–Trinajstić information content (AvgIpc) is 2.92. The molecule has 8 nitrogen and oxygen atoms in total. The number of hydrogen-bond donors (Lipinski definition) is 1. The van der Waals surface area contributed by atoms with Crippen molar-refractivity contribution >= 4 is 19.8 Å². The van der Waals surface area contributed by atoms with E-state index in [0.29, 0.717) is 6.42 Å². The number of hydrogen-bond acceptors (Lipinski definition) is 7. The molecule has 0 aromatic rings. The molecule has 0 radical (unpaired) electrons. The predicted molar refractivity (Wildman–Crippen MR) is 161 cm³/mol. The highest BCUT2D eigenvalue weighted by molar-refractivity contribution is 7.47. The SMILES string of the molecule is CCCCCCCCCCCCC(=O)OCC(COP(=O)(O)OCC)OC(=O)CCCCCCCCCCCC. The first kappa shape index (κ1) is 39.0. The maximum absolute atomic E-state index is 12.4. The molecule has 1 N–H and O–H groups in total. The van der Waals surface area contributed by atoms with Crippen LogP contribution in [0.4, 0.5) is 0 Å². The second-order valence-corrected chi connectivity index (χ2v) is 12.3. The highest BCUT2D eigenvalue weighted by atomic mass is 31.2. The maximum atomic E-state index is 12.4. The van der Waals surface area contributed by atoms with E-state index in [9.17, 15) is 19.0 Å². The van der Waals surface area contributed by atoms with Crippen molar-refractivity contribution in [3.8, 4) is 0 Å². The van der Waals surface area contributed by atoms with Gasteiger partial charge in [-0.05, 0) is 19.8 Å². The van der Waals surface area contributed by atoms with Crippen LogP contribution in [0.3, 0.4) is 0 Å². The van der Waals surface area contributed by atoms with Crippen LogP contribution in [0, 0.1) is 0 Å². The van der Waals surface area contributed by atoms with Crippen molar-refractivity contribution in [2.45, 2.75) is 168 Å². The molecule has 0 bridgehead atoms. The van der Waals surface area contributed by atoms with E-state index in [0.717, 1.165) is 38.5 Å². The normalized spacial score (nSPS) is 13.6. The zero-order chi connectivity index (χ0) is 29.7. The van der Waals surface area contributed by atoms with Crippen molar-refractivity contribution in [1.29, 1.82) is 0 Å². The van der Waals surface area contributed by atoms with Gasteiger partial charge in [0, 0.05) is 12.8 Å². The minimum Gasteiger partial charge on any atom is -0.462 e. The van der Waals surface area contributed by atoms with E-state index in [1.165, 1.54) is 89.9 Å². The average molecular weight is 593 g/mol. The smallest absolute Gasteiger partial charge is 0.462 e. The van der Waals surface area contributed by atoms with E-state index >= 15 is 0 Å². The first-order chi connectivity index (χ1) is 19.3. The van der Waals surface area contributed by atoms with Gasteiger partial charge in [-0.2, -0.15) is 0 Å². The fourth-order valence-electron chi connectivity index (χ4n) is 4.51. The Bertz CT molecular complexity index is 643. The van der Waals surface area contributed by atoms with E-state index in [1.54, 1.807) is 6.92 Å². The summed E-state index contributed by atoms with van der Waals surface area (Å²) in [6.07, 6.45) is 23.0. The monoisotopic (exact) mass is 592 g/mol. The molecule has 238 valence electrons. The third kappa shape index (κ3) is 27.2. The van der Waals surface area contributed by atoms with Gasteiger partial charge in [0.05, 0.1) is 13.2 Å². The van der Waals surface area contributed by atoms with Crippen LogP contribution < -0.4 is 0 Å². The molecule has 0 saturated heterocycles. The van der Waals surface area contributed by atoms with Crippen LogP contribution in [0.15, 0.2) is 0 Å². The number of carbonyl (C=O) groups excluding carboxylic acids is 2. The Balaban J connectivity index is 4.22. The van der Waals surface area contributed by atoms with Crippen LogP contribution in [0.2, 0.25) is 0 Å². The van der Waals surface area contributed by atoms with Gasteiger partial charge in [0.2, 0.25) is 0 Å². The second kappa shape index (κ2) is 28.2. The molecule has 0 aromatic carbocycles. The van der Waals surface area contributed by atoms with E-state index in [1.807, 2.05) is 0 Å². The number of unbranched alkanes of at least 4 members (excludes halogenated alkanes) is 18. The van der Waals surface area contributed by atoms with E-state index in [-0.39, 0.29) is 32.2 Å². The zero-order valence-corrected chi connectivity index (χ0v) is 26.9. The molecule has 0 spiro atoms. The van der Waals surface area contributed by atoms with Gasteiger partial charge in [-0.3, -0.25) is 18.6 Å². The predicted octanol–water partition coefficient (Wildman–Crippen LogP) is 9.22. The van der Waals surface area contributed by atoms with Gasteiger partial charge >= 0.3 is 19.8 Å². The lowest BCUT2D eigenvalue weighted by Gasteiger charge is -2.19. The van der Waals surface area contributed by atoms with Gasteiger partial charge in [0.1, 0.15) is 6.61 Å². The Kier molecular flexibility index (Phi) is 27.5. The third-order valence-electron chi connectivity index (χ3n) is 6.91. The third-order valence-corrected chi connectivity index (χ3v) is 7.97. The highest BCUT2D eigenvalue weighted by Gasteiger charge is 2.25. The highest BCUT2D eigenvalue weighted by Crippen LogP contribution is 2.43. The van der Waals surface area contributed by atoms with Crippen molar-refractivity contribution in [2.24, 2.45) is 0 Å². The summed E-state index contributed by atoms with van der Waals surface area (Å²) < 4.78 is 32.3. The Morgan fingerprint density at radius 1 is 0.575 bits per heavy atom. The number of rotatable bonds is 30. The minimum atomic E-state index is -4.25. The summed E-state index contributed by atoms with van der Waals surface area (Å²) in [4.78, 5) is 34.3. The Labute approximate surface area is 245 Å². The van der Waals surface area contributed by atoms with E-state index in [4.69, 9.17) is 18.5 Å². The fraction of sp³-hybridized carbons (Fsp3) is 0.935. The number of phosphoric ester groups is 1. The summed E-state index contributed by atoms with van der Waals surface area (Å²) in [7, 11) is -4.25. The zero-order valence-electron chi connectivity index (χ0n) is 26.0. The molecule has 0 aliphatic heterocycles. The van der Waals surface area contributed by atoms with Crippen molar-refractivity contribution in [3.63, 3.8) is 0 Å². The summed E-state index contributed by atoms with van der Waals surface area (Å²) in [6, 6.07) is 0. The largest absolute Gasteiger partial charge is 0.472 e. The molecule has 0 rings (SSSR count). The number of carbonyl (C=O) groups is 2. The van der Waals surface area contributed by atoms with Gasteiger partial charge in [-0.25, -0.2) is 4.57 Å². The van der Waals surface area contributed by atoms with Gasteiger partial charge in [0.25, 0.3) is 0 Å². The summed E-state index contributed by atoms with van der Waals surface area (Å²) in [5, 5.41) is 0.